The normalized spacial score (nSPS) is 17.0. The van der Waals surface area contributed by atoms with E-state index in [0.717, 1.165) is 25.9 Å². The number of nitrogens with zero attached hydrogens (tertiary/aromatic N) is 1. The van der Waals surface area contributed by atoms with Crippen molar-refractivity contribution in [1.82, 2.24) is 15.5 Å². The first kappa shape index (κ1) is 20.5. The lowest BCUT2D eigenvalue weighted by molar-refractivity contribution is 0.0692. The van der Waals surface area contributed by atoms with Gasteiger partial charge in [-0.2, -0.15) is 0 Å². The Kier molecular flexibility index (Phi) is 6.89. The minimum Gasteiger partial charge on any atom is -0.334 e. The number of hydrogen-bond acceptors (Lipinski definition) is 3. The van der Waals surface area contributed by atoms with Gasteiger partial charge in [0.25, 0.3) is 5.91 Å². The third-order valence-corrected chi connectivity index (χ3v) is 4.47. The number of benzene rings is 1. The maximum Gasteiger partial charge on any atom is 0.319 e. The summed E-state index contributed by atoms with van der Waals surface area (Å²) in [5.74, 6) is -0.0922. The Hall–Kier alpha value is -1.79. The maximum atomic E-state index is 13.1. The van der Waals surface area contributed by atoms with Crippen molar-refractivity contribution in [1.29, 1.82) is 0 Å². The molecule has 26 heavy (non-hydrogen) atoms. The maximum absolute atomic E-state index is 13.1. The van der Waals surface area contributed by atoms with E-state index < -0.39 is 0 Å². The highest BCUT2D eigenvalue weighted by molar-refractivity contribution is 6.34. The van der Waals surface area contributed by atoms with Crippen molar-refractivity contribution in [2.24, 2.45) is 0 Å². The van der Waals surface area contributed by atoms with E-state index in [2.05, 4.69) is 22.9 Å². The fraction of sp³-hybridized carbons (Fsp3) is 0.579. The SMILES string of the molecule is CCCN(C(=O)c1cc(NC(=O)NC(C)(C)C)ccc1Cl)C1CCNC1. The van der Waals surface area contributed by atoms with Crippen LogP contribution in [0.25, 0.3) is 0 Å². The first-order valence-electron chi connectivity index (χ1n) is 9.11. The predicted molar refractivity (Wildman–Crippen MR) is 106 cm³/mol. The Morgan fingerprint density at radius 3 is 2.65 bits per heavy atom. The van der Waals surface area contributed by atoms with Crippen molar-refractivity contribution in [3.63, 3.8) is 0 Å². The Morgan fingerprint density at radius 2 is 2.08 bits per heavy atom. The number of carbonyl (C=O) groups excluding carboxylic acids is 2. The number of nitrogens with one attached hydrogen (secondary N) is 3. The summed E-state index contributed by atoms with van der Waals surface area (Å²) >= 11 is 6.29. The molecular weight excluding hydrogens is 352 g/mol. The first-order chi connectivity index (χ1) is 12.2. The van der Waals surface area contributed by atoms with Gasteiger partial charge in [0.2, 0.25) is 0 Å². The third-order valence-electron chi connectivity index (χ3n) is 4.14. The molecule has 3 N–H and O–H groups in total. The van der Waals surface area contributed by atoms with E-state index in [-0.39, 0.29) is 23.5 Å². The van der Waals surface area contributed by atoms with Crippen LogP contribution in [0.3, 0.4) is 0 Å². The van der Waals surface area contributed by atoms with Crippen molar-refractivity contribution < 1.29 is 9.59 Å². The van der Waals surface area contributed by atoms with Gasteiger partial charge in [-0.3, -0.25) is 4.79 Å². The topological polar surface area (TPSA) is 73.5 Å². The second kappa shape index (κ2) is 8.73. The molecule has 0 aliphatic carbocycles. The van der Waals surface area contributed by atoms with Crippen molar-refractivity contribution in [2.45, 2.75) is 52.1 Å². The van der Waals surface area contributed by atoms with Crippen LogP contribution in [0.2, 0.25) is 5.02 Å². The van der Waals surface area contributed by atoms with Crippen LogP contribution in [0.4, 0.5) is 10.5 Å². The zero-order valence-electron chi connectivity index (χ0n) is 16.0. The number of halogens is 1. The number of carbonyl (C=O) groups is 2. The fourth-order valence-corrected chi connectivity index (χ4v) is 3.22. The highest BCUT2D eigenvalue weighted by atomic mass is 35.5. The smallest absolute Gasteiger partial charge is 0.319 e. The Balaban J connectivity index is 2.19. The van der Waals surface area contributed by atoms with Gasteiger partial charge in [0.15, 0.2) is 0 Å². The third kappa shape index (κ3) is 5.61. The molecule has 0 saturated carbocycles. The zero-order valence-corrected chi connectivity index (χ0v) is 16.7. The van der Waals surface area contributed by atoms with E-state index >= 15 is 0 Å². The number of anilines is 1. The summed E-state index contributed by atoms with van der Waals surface area (Å²) in [6, 6.07) is 4.86. The molecule has 0 bridgehead atoms. The minimum atomic E-state index is -0.345. The van der Waals surface area contributed by atoms with Gasteiger partial charge in [-0.25, -0.2) is 4.79 Å². The van der Waals surface area contributed by atoms with Gasteiger partial charge in [-0.05, 0) is 58.4 Å². The lowest BCUT2D eigenvalue weighted by Gasteiger charge is -2.29. The molecule has 0 radical (unpaired) electrons. The van der Waals surface area contributed by atoms with Crippen LogP contribution in [0.5, 0.6) is 0 Å². The highest BCUT2D eigenvalue weighted by Crippen LogP contribution is 2.24. The van der Waals surface area contributed by atoms with Gasteiger partial charge in [0.05, 0.1) is 10.6 Å². The number of rotatable bonds is 5. The van der Waals surface area contributed by atoms with Gasteiger partial charge in [-0.1, -0.05) is 18.5 Å². The van der Waals surface area contributed by atoms with E-state index in [1.165, 1.54) is 0 Å². The van der Waals surface area contributed by atoms with Gasteiger partial charge < -0.3 is 20.9 Å². The summed E-state index contributed by atoms with van der Waals surface area (Å²) in [5, 5.41) is 9.29. The van der Waals surface area contributed by atoms with Gasteiger partial charge in [0, 0.05) is 30.4 Å². The molecule has 144 valence electrons. The lowest BCUT2D eigenvalue weighted by atomic mass is 10.1. The molecule has 1 fully saturated rings. The molecule has 3 amide bonds. The molecule has 0 aromatic heterocycles. The molecule has 0 spiro atoms. The van der Waals surface area contributed by atoms with Gasteiger partial charge in [0.1, 0.15) is 0 Å². The van der Waals surface area contributed by atoms with Crippen molar-refractivity contribution >= 4 is 29.2 Å². The molecule has 7 heteroatoms. The Morgan fingerprint density at radius 1 is 1.35 bits per heavy atom. The molecule has 1 heterocycles. The summed E-state index contributed by atoms with van der Waals surface area (Å²) in [5.41, 5.74) is 0.615. The molecule has 1 aliphatic rings. The number of urea groups is 1. The summed E-state index contributed by atoms with van der Waals surface area (Å²) in [4.78, 5) is 27.1. The summed E-state index contributed by atoms with van der Waals surface area (Å²) < 4.78 is 0. The molecular formula is C19H29ClN4O2. The highest BCUT2D eigenvalue weighted by Gasteiger charge is 2.28. The largest absolute Gasteiger partial charge is 0.334 e. The zero-order chi connectivity index (χ0) is 19.3. The van der Waals surface area contributed by atoms with Crippen LogP contribution in [0, 0.1) is 0 Å². The second-order valence-corrected chi connectivity index (χ2v) is 8.08. The van der Waals surface area contributed by atoms with Crippen LogP contribution >= 0.6 is 11.6 Å². The summed E-state index contributed by atoms with van der Waals surface area (Å²) in [7, 11) is 0. The average molecular weight is 381 g/mol. The van der Waals surface area contributed by atoms with Crippen LogP contribution in [0.15, 0.2) is 18.2 Å². The summed E-state index contributed by atoms with van der Waals surface area (Å²) in [6.07, 6.45) is 1.82. The first-order valence-corrected chi connectivity index (χ1v) is 9.49. The van der Waals surface area contributed by atoms with Crippen LogP contribution in [0.1, 0.15) is 50.9 Å². The van der Waals surface area contributed by atoms with E-state index in [0.29, 0.717) is 22.8 Å². The molecule has 1 atom stereocenters. The molecule has 1 saturated heterocycles. The van der Waals surface area contributed by atoms with Gasteiger partial charge >= 0.3 is 6.03 Å². The Labute approximate surface area is 160 Å². The van der Waals surface area contributed by atoms with E-state index in [1.807, 2.05) is 25.7 Å². The molecule has 1 unspecified atom stereocenters. The summed E-state index contributed by atoms with van der Waals surface area (Å²) in [6.45, 7) is 10.2. The Bertz CT molecular complexity index is 651. The van der Waals surface area contributed by atoms with E-state index in [4.69, 9.17) is 11.6 Å². The average Bonchev–Trinajstić information content (AvgIpc) is 3.06. The molecule has 1 aliphatic heterocycles. The monoisotopic (exact) mass is 380 g/mol. The lowest BCUT2D eigenvalue weighted by Crippen LogP contribution is -2.43. The van der Waals surface area contributed by atoms with E-state index in [1.54, 1.807) is 18.2 Å². The fourth-order valence-electron chi connectivity index (χ4n) is 3.02. The van der Waals surface area contributed by atoms with Gasteiger partial charge in [-0.15, -0.1) is 0 Å². The predicted octanol–water partition coefficient (Wildman–Crippen LogP) is 3.47. The number of amides is 3. The second-order valence-electron chi connectivity index (χ2n) is 7.67. The van der Waals surface area contributed by atoms with Crippen molar-refractivity contribution in [3.8, 4) is 0 Å². The van der Waals surface area contributed by atoms with Crippen LogP contribution < -0.4 is 16.0 Å². The minimum absolute atomic E-state index is 0.0922. The van der Waals surface area contributed by atoms with Crippen LogP contribution in [-0.2, 0) is 0 Å². The van der Waals surface area contributed by atoms with Crippen LogP contribution in [-0.4, -0.2) is 48.1 Å². The number of hydrogen-bond donors (Lipinski definition) is 3. The molecule has 2 rings (SSSR count). The molecule has 1 aromatic rings. The standard InChI is InChI=1S/C19H29ClN4O2/c1-5-10-24(14-8-9-21-12-14)17(25)15-11-13(6-7-16(15)20)22-18(26)23-19(2,3)4/h6-7,11,14,21H,5,8-10,12H2,1-4H3,(H2,22,23,26). The quantitative estimate of drug-likeness (QED) is 0.732. The molecule has 1 aromatic carbocycles. The molecule has 6 nitrogen and oxygen atoms in total. The van der Waals surface area contributed by atoms with Crippen molar-refractivity contribution in [2.75, 3.05) is 25.0 Å². The van der Waals surface area contributed by atoms with E-state index in [9.17, 15) is 9.59 Å². The van der Waals surface area contributed by atoms with Crippen molar-refractivity contribution in [3.05, 3.63) is 28.8 Å².